The Kier molecular flexibility index (Phi) is 5.57. The van der Waals surface area contributed by atoms with Gasteiger partial charge in [0.2, 0.25) is 0 Å². The van der Waals surface area contributed by atoms with Gasteiger partial charge in [-0.2, -0.15) is 0 Å². The Morgan fingerprint density at radius 3 is 2.46 bits per heavy atom. The molecule has 2 aromatic rings. The van der Waals surface area contributed by atoms with Crippen molar-refractivity contribution in [2.75, 3.05) is 34.4 Å². The molecular weight excluding hydrogens is 330 g/mol. The summed E-state index contributed by atoms with van der Waals surface area (Å²) >= 11 is 0. The van der Waals surface area contributed by atoms with Crippen molar-refractivity contribution < 1.29 is 19.3 Å². The van der Waals surface area contributed by atoms with E-state index in [2.05, 4.69) is 11.8 Å². The summed E-state index contributed by atoms with van der Waals surface area (Å²) in [6.07, 6.45) is 2.05. The minimum absolute atomic E-state index is 0.160. The molecular formula is C21H27NO4. The van der Waals surface area contributed by atoms with Gasteiger partial charge in [0.15, 0.2) is 11.5 Å². The molecule has 5 heteroatoms. The second-order valence-electron chi connectivity index (χ2n) is 6.53. The van der Waals surface area contributed by atoms with Crippen LogP contribution in [0.1, 0.15) is 24.5 Å². The van der Waals surface area contributed by atoms with E-state index in [0.29, 0.717) is 11.5 Å². The summed E-state index contributed by atoms with van der Waals surface area (Å²) < 4.78 is 16.3. The third-order valence-corrected chi connectivity index (χ3v) is 4.98. The summed E-state index contributed by atoms with van der Waals surface area (Å²) in [7, 11) is 4.84. The maximum Gasteiger partial charge on any atom is 0.166 e. The quantitative estimate of drug-likeness (QED) is 0.851. The molecule has 26 heavy (non-hydrogen) atoms. The third kappa shape index (κ3) is 3.31. The zero-order valence-electron chi connectivity index (χ0n) is 16.0. The normalized spacial score (nSPS) is 14.0. The van der Waals surface area contributed by atoms with Crippen LogP contribution >= 0.6 is 0 Å². The number of nitrogens with zero attached hydrogens (tertiary/aromatic N) is 1. The zero-order valence-corrected chi connectivity index (χ0v) is 16.0. The summed E-state index contributed by atoms with van der Waals surface area (Å²) in [5.74, 6) is 2.05. The lowest BCUT2D eigenvalue weighted by atomic mass is 9.89. The lowest BCUT2D eigenvalue weighted by Gasteiger charge is -2.31. The number of hydrogen-bond acceptors (Lipinski definition) is 5. The molecule has 0 unspecified atom stereocenters. The van der Waals surface area contributed by atoms with Crippen molar-refractivity contribution in [3.05, 3.63) is 35.4 Å². The van der Waals surface area contributed by atoms with E-state index in [9.17, 15) is 5.11 Å². The highest BCUT2D eigenvalue weighted by atomic mass is 16.5. The van der Waals surface area contributed by atoms with Crippen LogP contribution in [0.3, 0.4) is 0 Å². The van der Waals surface area contributed by atoms with E-state index < -0.39 is 0 Å². The van der Waals surface area contributed by atoms with Gasteiger partial charge in [-0.1, -0.05) is 6.92 Å². The summed E-state index contributed by atoms with van der Waals surface area (Å²) in [6.45, 7) is 5.07. The van der Waals surface area contributed by atoms with Gasteiger partial charge in [-0.3, -0.25) is 4.90 Å². The van der Waals surface area contributed by atoms with E-state index in [1.165, 1.54) is 5.56 Å². The van der Waals surface area contributed by atoms with Gasteiger partial charge >= 0.3 is 0 Å². The minimum Gasteiger partial charge on any atom is -0.504 e. The molecule has 0 saturated heterocycles. The number of aromatic hydroxyl groups is 1. The zero-order chi connectivity index (χ0) is 18.7. The Labute approximate surface area is 155 Å². The van der Waals surface area contributed by atoms with Gasteiger partial charge < -0.3 is 19.3 Å². The molecule has 0 atom stereocenters. The van der Waals surface area contributed by atoms with Crippen LogP contribution in [0.2, 0.25) is 0 Å². The van der Waals surface area contributed by atoms with Crippen LogP contribution in [0, 0.1) is 0 Å². The molecule has 140 valence electrons. The predicted octanol–water partition coefficient (Wildman–Crippen LogP) is 3.85. The van der Waals surface area contributed by atoms with Crippen molar-refractivity contribution in [1.82, 2.24) is 4.90 Å². The lowest BCUT2D eigenvalue weighted by molar-refractivity contribution is 0.254. The fourth-order valence-corrected chi connectivity index (χ4v) is 3.68. The first-order valence-electron chi connectivity index (χ1n) is 8.99. The highest BCUT2D eigenvalue weighted by molar-refractivity contribution is 5.82. The first kappa shape index (κ1) is 18.4. The molecule has 0 fully saturated rings. The molecule has 0 aliphatic carbocycles. The van der Waals surface area contributed by atoms with Crippen molar-refractivity contribution in [2.45, 2.75) is 26.3 Å². The fraction of sp³-hybridized carbons (Fsp3) is 0.429. The second-order valence-corrected chi connectivity index (χ2v) is 6.53. The minimum atomic E-state index is 0.160. The van der Waals surface area contributed by atoms with Crippen LogP contribution in [-0.2, 0) is 13.0 Å². The standard InChI is InChI=1S/C21H27NO4/c1-5-9-22-10-8-14-11-19(26-4)21(23)20(17(14)13-22)16-7-6-15(24-2)12-18(16)25-3/h6-7,11-12,23H,5,8-10,13H2,1-4H3. The van der Waals surface area contributed by atoms with Gasteiger partial charge in [0.05, 0.1) is 21.3 Å². The van der Waals surface area contributed by atoms with E-state index in [0.717, 1.165) is 54.9 Å². The second kappa shape index (κ2) is 7.87. The van der Waals surface area contributed by atoms with Gasteiger partial charge in [0, 0.05) is 30.3 Å². The van der Waals surface area contributed by atoms with Crippen LogP contribution in [0.4, 0.5) is 0 Å². The number of methoxy groups -OCH3 is 3. The topological polar surface area (TPSA) is 51.2 Å². The van der Waals surface area contributed by atoms with Crippen LogP contribution < -0.4 is 14.2 Å². The van der Waals surface area contributed by atoms with Gasteiger partial charge in [-0.25, -0.2) is 0 Å². The predicted molar refractivity (Wildman–Crippen MR) is 102 cm³/mol. The molecule has 2 aromatic carbocycles. The van der Waals surface area contributed by atoms with E-state index in [-0.39, 0.29) is 5.75 Å². The Balaban J connectivity index is 2.20. The Hall–Kier alpha value is -2.40. The molecule has 1 heterocycles. The number of phenolic OH excluding ortho intramolecular Hbond substituents is 1. The van der Waals surface area contributed by atoms with Crippen LogP contribution in [0.15, 0.2) is 24.3 Å². The SMILES string of the molecule is CCCN1CCc2cc(OC)c(O)c(-c3ccc(OC)cc3OC)c2C1. The van der Waals surface area contributed by atoms with Gasteiger partial charge in [-0.15, -0.1) is 0 Å². The molecule has 1 aliphatic rings. The van der Waals surface area contributed by atoms with Gasteiger partial charge in [0.25, 0.3) is 0 Å². The molecule has 5 nitrogen and oxygen atoms in total. The van der Waals surface area contributed by atoms with Crippen molar-refractivity contribution in [3.63, 3.8) is 0 Å². The first-order chi connectivity index (χ1) is 12.6. The van der Waals surface area contributed by atoms with Gasteiger partial charge in [-0.05, 0) is 48.7 Å². The summed E-state index contributed by atoms with van der Waals surface area (Å²) in [5.41, 5.74) is 4.00. The van der Waals surface area contributed by atoms with E-state index >= 15 is 0 Å². The maximum atomic E-state index is 10.9. The summed E-state index contributed by atoms with van der Waals surface area (Å²) in [6, 6.07) is 7.63. The Morgan fingerprint density at radius 2 is 1.81 bits per heavy atom. The third-order valence-electron chi connectivity index (χ3n) is 4.98. The molecule has 0 radical (unpaired) electrons. The molecule has 0 bridgehead atoms. The molecule has 0 amide bonds. The van der Waals surface area contributed by atoms with E-state index in [1.807, 2.05) is 24.3 Å². The van der Waals surface area contributed by atoms with Crippen molar-refractivity contribution >= 4 is 0 Å². The van der Waals surface area contributed by atoms with Crippen LogP contribution in [0.5, 0.6) is 23.0 Å². The van der Waals surface area contributed by atoms with Crippen molar-refractivity contribution in [1.29, 1.82) is 0 Å². The van der Waals surface area contributed by atoms with E-state index in [4.69, 9.17) is 14.2 Å². The number of benzene rings is 2. The highest BCUT2D eigenvalue weighted by Crippen LogP contribution is 2.47. The number of ether oxygens (including phenoxy) is 3. The number of fused-ring (bicyclic) bond motifs is 1. The number of phenols is 1. The summed E-state index contributed by atoms with van der Waals surface area (Å²) in [4.78, 5) is 2.42. The maximum absolute atomic E-state index is 10.9. The average molecular weight is 357 g/mol. The molecule has 1 N–H and O–H groups in total. The van der Waals surface area contributed by atoms with E-state index in [1.54, 1.807) is 21.3 Å². The number of rotatable bonds is 6. The molecule has 3 rings (SSSR count). The molecule has 0 saturated carbocycles. The first-order valence-corrected chi connectivity index (χ1v) is 8.99. The molecule has 0 spiro atoms. The van der Waals surface area contributed by atoms with Crippen LogP contribution in [-0.4, -0.2) is 44.4 Å². The lowest BCUT2D eigenvalue weighted by Crippen LogP contribution is -2.31. The monoisotopic (exact) mass is 357 g/mol. The van der Waals surface area contributed by atoms with Crippen LogP contribution in [0.25, 0.3) is 11.1 Å². The Bertz CT molecular complexity index is 788. The van der Waals surface area contributed by atoms with Gasteiger partial charge in [0.1, 0.15) is 11.5 Å². The molecule has 0 aromatic heterocycles. The fourth-order valence-electron chi connectivity index (χ4n) is 3.68. The highest BCUT2D eigenvalue weighted by Gasteiger charge is 2.26. The Morgan fingerprint density at radius 1 is 1.04 bits per heavy atom. The van der Waals surface area contributed by atoms with Crippen molar-refractivity contribution in [2.24, 2.45) is 0 Å². The smallest absolute Gasteiger partial charge is 0.166 e. The number of hydrogen-bond donors (Lipinski definition) is 1. The largest absolute Gasteiger partial charge is 0.504 e. The van der Waals surface area contributed by atoms with Crippen molar-refractivity contribution in [3.8, 4) is 34.1 Å². The average Bonchev–Trinajstić information content (AvgIpc) is 2.67. The molecule has 1 aliphatic heterocycles. The summed E-state index contributed by atoms with van der Waals surface area (Å²) in [5, 5.41) is 10.9.